The van der Waals surface area contributed by atoms with Crippen LogP contribution in [0.1, 0.15) is 30.9 Å². The van der Waals surface area contributed by atoms with E-state index >= 15 is 0 Å². The number of fused-ring (bicyclic) bond motifs is 4. The van der Waals surface area contributed by atoms with Crippen LogP contribution >= 0.6 is 0 Å². The zero-order chi connectivity index (χ0) is 18.4. The van der Waals surface area contributed by atoms with E-state index in [0.29, 0.717) is 11.8 Å². The Hall–Kier alpha value is -1.98. The molecule has 3 aliphatic rings. The fraction of sp³-hybridized carbons (Fsp3) is 0.545. The van der Waals surface area contributed by atoms with Crippen molar-refractivity contribution in [3.8, 4) is 11.1 Å². The number of hydrogen-bond donors (Lipinski definition) is 0. The van der Waals surface area contributed by atoms with Crippen LogP contribution in [0.3, 0.4) is 0 Å². The van der Waals surface area contributed by atoms with Crippen LogP contribution in [0, 0.1) is 5.92 Å². The maximum atomic E-state index is 13.2. The average molecular weight is 364 g/mol. The minimum Gasteiger partial charge on any atom is -0.311 e. The molecule has 5 heterocycles. The van der Waals surface area contributed by atoms with Crippen molar-refractivity contribution in [1.82, 2.24) is 19.4 Å². The number of piperidine rings is 2. The lowest BCUT2D eigenvalue weighted by molar-refractivity contribution is 0.0517. The van der Waals surface area contributed by atoms with Crippen LogP contribution in [0.5, 0.6) is 0 Å². The van der Waals surface area contributed by atoms with Gasteiger partial charge in [-0.1, -0.05) is 6.07 Å². The van der Waals surface area contributed by atoms with Gasteiger partial charge < -0.3 is 9.47 Å². The van der Waals surface area contributed by atoms with Crippen LogP contribution in [0.2, 0.25) is 0 Å². The molecule has 2 fully saturated rings. The summed E-state index contributed by atoms with van der Waals surface area (Å²) in [4.78, 5) is 22.5. The Labute approximate surface area is 160 Å². The Morgan fingerprint density at radius 2 is 1.93 bits per heavy atom. The summed E-state index contributed by atoms with van der Waals surface area (Å²) in [5, 5.41) is 0. The van der Waals surface area contributed by atoms with Gasteiger partial charge in [-0.3, -0.25) is 14.7 Å². The van der Waals surface area contributed by atoms with E-state index in [1.165, 1.54) is 38.0 Å². The normalized spacial score (nSPS) is 26.7. The SMILES string of the molecule is CN1CCC(N2C[C@H]3C[C@H](C2)c2ccc(-c4cccnc4)c(=O)n2C3)CC1. The topological polar surface area (TPSA) is 41.4 Å². The lowest BCUT2D eigenvalue weighted by Gasteiger charge is -2.47. The van der Waals surface area contributed by atoms with Gasteiger partial charge in [0.15, 0.2) is 0 Å². The molecular formula is C22H28N4O. The Bertz CT molecular complexity index is 870. The maximum Gasteiger partial charge on any atom is 0.258 e. The first-order chi connectivity index (χ1) is 13.2. The van der Waals surface area contributed by atoms with E-state index in [9.17, 15) is 4.79 Å². The molecule has 0 radical (unpaired) electrons. The van der Waals surface area contributed by atoms with Crippen molar-refractivity contribution in [2.24, 2.45) is 5.92 Å². The summed E-state index contributed by atoms with van der Waals surface area (Å²) in [5.41, 5.74) is 3.09. The molecule has 5 rings (SSSR count). The first kappa shape index (κ1) is 17.1. The van der Waals surface area contributed by atoms with E-state index in [4.69, 9.17) is 0 Å². The van der Waals surface area contributed by atoms with Gasteiger partial charge in [-0.05, 0) is 63.5 Å². The lowest BCUT2D eigenvalue weighted by Crippen LogP contribution is -2.53. The van der Waals surface area contributed by atoms with Crippen molar-refractivity contribution in [3.63, 3.8) is 0 Å². The summed E-state index contributed by atoms with van der Waals surface area (Å²) in [7, 11) is 2.23. The van der Waals surface area contributed by atoms with Crippen LogP contribution in [0.15, 0.2) is 41.5 Å². The highest BCUT2D eigenvalue weighted by atomic mass is 16.1. The third-order valence-electron chi connectivity index (χ3n) is 6.81. The van der Waals surface area contributed by atoms with Crippen molar-refractivity contribution in [2.75, 3.05) is 33.2 Å². The molecule has 0 N–H and O–H groups in total. The second-order valence-electron chi connectivity index (χ2n) is 8.62. The number of nitrogens with zero attached hydrogens (tertiary/aromatic N) is 4. The molecule has 5 heteroatoms. The second-order valence-corrected chi connectivity index (χ2v) is 8.62. The molecule has 3 aliphatic heterocycles. The molecule has 2 atom stereocenters. The summed E-state index contributed by atoms with van der Waals surface area (Å²) in [6.07, 6.45) is 7.33. The fourth-order valence-corrected chi connectivity index (χ4v) is 5.38. The molecule has 0 amide bonds. The van der Waals surface area contributed by atoms with Crippen molar-refractivity contribution in [1.29, 1.82) is 0 Å². The highest BCUT2D eigenvalue weighted by Crippen LogP contribution is 2.37. The first-order valence-electron chi connectivity index (χ1n) is 10.3. The summed E-state index contributed by atoms with van der Waals surface area (Å²) < 4.78 is 2.06. The minimum atomic E-state index is 0.156. The van der Waals surface area contributed by atoms with Gasteiger partial charge in [0.05, 0.1) is 0 Å². The van der Waals surface area contributed by atoms with E-state index in [2.05, 4.69) is 32.5 Å². The van der Waals surface area contributed by atoms with Crippen molar-refractivity contribution < 1.29 is 0 Å². The molecule has 5 nitrogen and oxygen atoms in total. The molecule has 0 aliphatic carbocycles. The largest absolute Gasteiger partial charge is 0.311 e. The number of aromatic nitrogens is 2. The maximum absolute atomic E-state index is 13.2. The monoisotopic (exact) mass is 364 g/mol. The Balaban J connectivity index is 1.43. The summed E-state index contributed by atoms with van der Waals surface area (Å²) in [6.45, 7) is 5.54. The van der Waals surface area contributed by atoms with E-state index in [1.54, 1.807) is 12.4 Å². The third-order valence-corrected chi connectivity index (χ3v) is 6.81. The van der Waals surface area contributed by atoms with Gasteiger partial charge in [-0.25, -0.2) is 0 Å². The van der Waals surface area contributed by atoms with Gasteiger partial charge in [0.1, 0.15) is 0 Å². The Morgan fingerprint density at radius 3 is 2.70 bits per heavy atom. The molecule has 0 aromatic carbocycles. The summed E-state index contributed by atoms with van der Waals surface area (Å²) >= 11 is 0. The molecular weight excluding hydrogens is 336 g/mol. The van der Waals surface area contributed by atoms with Crippen LogP contribution in [-0.4, -0.2) is 58.6 Å². The van der Waals surface area contributed by atoms with E-state index in [-0.39, 0.29) is 5.56 Å². The highest BCUT2D eigenvalue weighted by Gasteiger charge is 2.37. The van der Waals surface area contributed by atoms with Gasteiger partial charge in [-0.2, -0.15) is 0 Å². The van der Waals surface area contributed by atoms with Crippen molar-refractivity contribution in [3.05, 3.63) is 52.7 Å². The molecule has 142 valence electrons. The van der Waals surface area contributed by atoms with Crippen LogP contribution in [0.25, 0.3) is 11.1 Å². The fourth-order valence-electron chi connectivity index (χ4n) is 5.38. The molecule has 0 spiro atoms. The molecule has 27 heavy (non-hydrogen) atoms. The zero-order valence-corrected chi connectivity index (χ0v) is 16.1. The molecule has 0 unspecified atom stereocenters. The Morgan fingerprint density at radius 1 is 1.07 bits per heavy atom. The number of rotatable bonds is 2. The smallest absolute Gasteiger partial charge is 0.258 e. The summed E-state index contributed by atoms with van der Waals surface area (Å²) in [5.74, 6) is 1.09. The number of hydrogen-bond acceptors (Lipinski definition) is 4. The first-order valence-corrected chi connectivity index (χ1v) is 10.3. The van der Waals surface area contributed by atoms with Crippen molar-refractivity contribution in [2.45, 2.75) is 37.8 Å². The third kappa shape index (κ3) is 3.13. The van der Waals surface area contributed by atoms with Gasteiger partial charge in [0.2, 0.25) is 0 Å². The van der Waals surface area contributed by atoms with Gasteiger partial charge in [0.25, 0.3) is 5.56 Å². The van der Waals surface area contributed by atoms with Gasteiger partial charge >= 0.3 is 0 Å². The molecule has 2 saturated heterocycles. The number of likely N-dealkylation sites (tertiary alicyclic amines) is 2. The molecule has 2 aromatic rings. The average Bonchev–Trinajstić information content (AvgIpc) is 2.70. The van der Waals surface area contributed by atoms with Crippen molar-refractivity contribution >= 4 is 0 Å². The standard InChI is InChI=1S/C22H28N4O/c1-24-9-6-19(7-10-24)25-13-16-11-18(15-25)21-5-4-20(22(27)26(21)14-16)17-3-2-8-23-12-17/h2-5,8,12,16,18-19H,6-7,9-11,13-15H2,1H3/t16-,18-/m1/s1. The van der Waals surface area contributed by atoms with E-state index in [1.807, 2.05) is 18.2 Å². The predicted molar refractivity (Wildman–Crippen MR) is 107 cm³/mol. The van der Waals surface area contributed by atoms with Crippen LogP contribution < -0.4 is 5.56 Å². The summed E-state index contributed by atoms with van der Waals surface area (Å²) in [6, 6.07) is 8.80. The van der Waals surface area contributed by atoms with Gasteiger partial charge in [0, 0.05) is 60.8 Å². The highest BCUT2D eigenvalue weighted by molar-refractivity contribution is 5.61. The van der Waals surface area contributed by atoms with Gasteiger partial charge in [-0.15, -0.1) is 0 Å². The molecule has 2 bridgehead atoms. The minimum absolute atomic E-state index is 0.156. The quantitative estimate of drug-likeness (QED) is 0.821. The Kier molecular flexibility index (Phi) is 4.37. The van der Waals surface area contributed by atoms with E-state index < -0.39 is 0 Å². The molecule has 2 aromatic heterocycles. The predicted octanol–water partition coefficient (Wildman–Crippen LogP) is 2.42. The second kappa shape index (κ2) is 6.88. The van der Waals surface area contributed by atoms with Crippen LogP contribution in [-0.2, 0) is 6.54 Å². The van der Waals surface area contributed by atoms with Crippen LogP contribution in [0.4, 0.5) is 0 Å². The lowest BCUT2D eigenvalue weighted by atomic mass is 9.81. The number of pyridine rings is 2. The zero-order valence-electron chi connectivity index (χ0n) is 16.1. The van der Waals surface area contributed by atoms with E-state index in [0.717, 1.165) is 36.8 Å². The molecule has 0 saturated carbocycles.